The number of carbonyl (C=O) groups is 1. The number of allylic oxidation sites excluding steroid dienone is 1. The standard InChI is InChI=1S/C31H33N3O/c1-22(35)32-31(27-11-10-23-8-6-7-9-26(23)20-27)21-30(24-12-16-28(17-13-24)33(2)3)25-14-18-29(19-15-25)34(4)5/h6-21,30H,1-5H3,(H,32,35)/b31-21-. The maximum Gasteiger partial charge on any atom is 0.221 e. The van der Waals surface area contributed by atoms with E-state index in [0.29, 0.717) is 0 Å². The van der Waals surface area contributed by atoms with Gasteiger partial charge < -0.3 is 15.1 Å². The van der Waals surface area contributed by atoms with Crippen molar-refractivity contribution in [2.75, 3.05) is 38.0 Å². The molecule has 0 saturated heterocycles. The molecule has 4 heteroatoms. The Balaban J connectivity index is 1.84. The van der Waals surface area contributed by atoms with Gasteiger partial charge in [0, 0.05) is 58.1 Å². The van der Waals surface area contributed by atoms with E-state index in [9.17, 15) is 4.79 Å². The van der Waals surface area contributed by atoms with Gasteiger partial charge in [-0.05, 0) is 63.9 Å². The molecule has 0 unspecified atom stereocenters. The van der Waals surface area contributed by atoms with Crippen molar-refractivity contribution in [2.24, 2.45) is 0 Å². The Bertz CT molecular complexity index is 1280. The molecular formula is C31H33N3O. The van der Waals surface area contributed by atoms with Gasteiger partial charge in [0.05, 0.1) is 0 Å². The van der Waals surface area contributed by atoms with Gasteiger partial charge in [-0.25, -0.2) is 0 Å². The highest BCUT2D eigenvalue weighted by molar-refractivity contribution is 5.90. The minimum atomic E-state index is -0.0888. The van der Waals surface area contributed by atoms with Gasteiger partial charge >= 0.3 is 0 Å². The fourth-order valence-corrected chi connectivity index (χ4v) is 4.27. The topological polar surface area (TPSA) is 35.6 Å². The fourth-order valence-electron chi connectivity index (χ4n) is 4.27. The third-order valence-corrected chi connectivity index (χ3v) is 6.24. The summed E-state index contributed by atoms with van der Waals surface area (Å²) in [4.78, 5) is 16.4. The van der Waals surface area contributed by atoms with E-state index in [4.69, 9.17) is 0 Å². The third-order valence-electron chi connectivity index (χ3n) is 6.24. The van der Waals surface area contributed by atoms with Crippen molar-refractivity contribution in [1.29, 1.82) is 0 Å². The zero-order chi connectivity index (χ0) is 24.9. The molecule has 4 nitrogen and oxygen atoms in total. The molecule has 0 atom stereocenters. The van der Waals surface area contributed by atoms with Crippen LogP contribution in [-0.4, -0.2) is 34.1 Å². The van der Waals surface area contributed by atoms with Crippen LogP contribution in [0.15, 0.2) is 97.1 Å². The first-order valence-electron chi connectivity index (χ1n) is 11.8. The van der Waals surface area contributed by atoms with Crippen molar-refractivity contribution in [1.82, 2.24) is 5.32 Å². The van der Waals surface area contributed by atoms with Crippen LogP contribution in [0.25, 0.3) is 16.5 Å². The Morgan fingerprint density at radius 1 is 0.714 bits per heavy atom. The second-order valence-electron chi connectivity index (χ2n) is 9.27. The molecule has 4 rings (SSSR count). The molecule has 0 radical (unpaired) electrons. The van der Waals surface area contributed by atoms with E-state index in [1.54, 1.807) is 6.92 Å². The summed E-state index contributed by atoms with van der Waals surface area (Å²) >= 11 is 0. The maximum absolute atomic E-state index is 12.2. The Morgan fingerprint density at radius 3 is 1.71 bits per heavy atom. The van der Waals surface area contributed by atoms with Crippen LogP contribution < -0.4 is 15.1 Å². The van der Waals surface area contributed by atoms with Crippen molar-refractivity contribution >= 4 is 33.8 Å². The zero-order valence-corrected chi connectivity index (χ0v) is 21.1. The van der Waals surface area contributed by atoms with Gasteiger partial charge in [-0.1, -0.05) is 60.7 Å². The first-order chi connectivity index (χ1) is 16.8. The molecule has 0 heterocycles. The van der Waals surface area contributed by atoms with Crippen LogP contribution in [0.4, 0.5) is 11.4 Å². The van der Waals surface area contributed by atoms with Gasteiger partial charge in [-0.3, -0.25) is 4.79 Å². The van der Waals surface area contributed by atoms with Gasteiger partial charge in [-0.15, -0.1) is 0 Å². The molecule has 0 aliphatic carbocycles. The molecule has 178 valence electrons. The van der Waals surface area contributed by atoms with E-state index in [1.807, 2.05) is 40.3 Å². The van der Waals surface area contributed by atoms with E-state index in [1.165, 1.54) is 5.39 Å². The van der Waals surface area contributed by atoms with E-state index < -0.39 is 0 Å². The zero-order valence-electron chi connectivity index (χ0n) is 21.1. The Hall–Kier alpha value is -4.05. The first-order valence-corrected chi connectivity index (χ1v) is 11.8. The number of rotatable bonds is 7. The maximum atomic E-state index is 12.2. The minimum absolute atomic E-state index is 0.0317. The predicted octanol–water partition coefficient (Wildman–Crippen LogP) is 6.28. The molecule has 1 amide bonds. The van der Waals surface area contributed by atoms with Crippen molar-refractivity contribution in [3.05, 3.63) is 114 Å². The second kappa shape index (κ2) is 10.5. The largest absolute Gasteiger partial charge is 0.378 e. The van der Waals surface area contributed by atoms with Crippen LogP contribution in [0.3, 0.4) is 0 Å². The Labute approximate surface area is 208 Å². The monoisotopic (exact) mass is 463 g/mol. The third kappa shape index (κ3) is 5.72. The molecule has 35 heavy (non-hydrogen) atoms. The summed E-state index contributed by atoms with van der Waals surface area (Å²) in [6, 6.07) is 31.8. The summed E-state index contributed by atoms with van der Waals surface area (Å²) in [5.74, 6) is -0.121. The number of benzene rings is 4. The summed E-state index contributed by atoms with van der Waals surface area (Å²) in [5, 5.41) is 5.41. The second-order valence-corrected chi connectivity index (χ2v) is 9.27. The molecular weight excluding hydrogens is 430 g/mol. The van der Waals surface area contributed by atoms with Crippen molar-refractivity contribution < 1.29 is 4.79 Å². The van der Waals surface area contributed by atoms with Crippen molar-refractivity contribution in [2.45, 2.75) is 12.8 Å². The molecule has 0 aliphatic rings. The summed E-state index contributed by atoms with van der Waals surface area (Å²) in [7, 11) is 8.17. The van der Waals surface area contributed by atoms with Gasteiger partial charge in [0.25, 0.3) is 0 Å². The van der Waals surface area contributed by atoms with Gasteiger partial charge in [0.2, 0.25) is 5.91 Å². The number of fused-ring (bicyclic) bond motifs is 1. The molecule has 0 aromatic heterocycles. The van der Waals surface area contributed by atoms with E-state index in [-0.39, 0.29) is 11.8 Å². The lowest BCUT2D eigenvalue weighted by molar-refractivity contribution is -0.117. The fraction of sp³-hybridized carbons (Fsp3) is 0.194. The first kappa shape index (κ1) is 24.1. The summed E-state index contributed by atoms with van der Waals surface area (Å²) in [6.07, 6.45) is 2.17. The lowest BCUT2D eigenvalue weighted by Gasteiger charge is -2.20. The van der Waals surface area contributed by atoms with Crippen LogP contribution in [0.5, 0.6) is 0 Å². The molecule has 0 spiro atoms. The minimum Gasteiger partial charge on any atom is -0.378 e. The van der Waals surface area contributed by atoms with Crippen LogP contribution in [0.2, 0.25) is 0 Å². The number of nitrogens with zero attached hydrogens (tertiary/aromatic N) is 2. The number of carbonyl (C=O) groups excluding carboxylic acids is 1. The molecule has 0 saturated carbocycles. The molecule has 4 aromatic rings. The van der Waals surface area contributed by atoms with Crippen LogP contribution >= 0.6 is 0 Å². The van der Waals surface area contributed by atoms with Crippen molar-refractivity contribution in [3.63, 3.8) is 0 Å². The number of hydrogen-bond donors (Lipinski definition) is 1. The SMILES string of the molecule is CC(=O)N/C(=C\C(c1ccc(N(C)C)cc1)c1ccc(N(C)C)cc1)c1ccc2ccccc2c1. The van der Waals surface area contributed by atoms with Crippen LogP contribution in [0, 0.1) is 0 Å². The van der Waals surface area contributed by atoms with E-state index >= 15 is 0 Å². The average Bonchev–Trinajstić information content (AvgIpc) is 2.86. The quantitative estimate of drug-likeness (QED) is 0.350. The number of amides is 1. The van der Waals surface area contributed by atoms with Gasteiger partial charge in [-0.2, -0.15) is 0 Å². The normalized spacial score (nSPS) is 11.5. The molecule has 4 aromatic carbocycles. The van der Waals surface area contributed by atoms with Gasteiger partial charge in [0.15, 0.2) is 0 Å². The lowest BCUT2D eigenvalue weighted by atomic mass is 9.89. The number of anilines is 2. The summed E-state index contributed by atoms with van der Waals surface area (Å²) < 4.78 is 0. The predicted molar refractivity (Wildman–Crippen MR) is 149 cm³/mol. The highest BCUT2D eigenvalue weighted by Crippen LogP contribution is 2.32. The Kier molecular flexibility index (Phi) is 7.21. The number of nitrogens with one attached hydrogen (secondary N) is 1. The average molecular weight is 464 g/mol. The molecule has 0 aliphatic heterocycles. The number of hydrogen-bond acceptors (Lipinski definition) is 3. The smallest absolute Gasteiger partial charge is 0.221 e. The molecule has 0 fully saturated rings. The van der Waals surface area contributed by atoms with Crippen molar-refractivity contribution in [3.8, 4) is 0 Å². The van der Waals surface area contributed by atoms with Crippen LogP contribution in [-0.2, 0) is 4.79 Å². The lowest BCUT2D eigenvalue weighted by Crippen LogP contribution is -2.19. The molecule has 0 bridgehead atoms. The van der Waals surface area contributed by atoms with Gasteiger partial charge in [0.1, 0.15) is 0 Å². The molecule has 1 N–H and O–H groups in total. The van der Waals surface area contributed by atoms with E-state index in [0.717, 1.165) is 39.1 Å². The van der Waals surface area contributed by atoms with Crippen LogP contribution in [0.1, 0.15) is 29.5 Å². The summed E-state index contributed by atoms with van der Waals surface area (Å²) in [5.41, 5.74) is 6.42. The Morgan fingerprint density at radius 2 is 1.23 bits per heavy atom. The highest BCUT2D eigenvalue weighted by atomic mass is 16.1. The highest BCUT2D eigenvalue weighted by Gasteiger charge is 2.16. The van der Waals surface area contributed by atoms with E-state index in [2.05, 4.69) is 100 Å². The summed E-state index contributed by atoms with van der Waals surface area (Å²) in [6.45, 7) is 1.56.